The summed E-state index contributed by atoms with van der Waals surface area (Å²) in [7, 11) is 1.61. The molecule has 2 aromatic heterocycles. The monoisotopic (exact) mass is 342 g/mol. The molecule has 0 aliphatic heterocycles. The van der Waals surface area contributed by atoms with Crippen LogP contribution in [0.5, 0.6) is 11.5 Å². The highest BCUT2D eigenvalue weighted by atomic mass is 19.1. The zero-order valence-electron chi connectivity index (χ0n) is 14.4. The number of ether oxygens (including phenoxy) is 1. The molecule has 0 spiro atoms. The van der Waals surface area contributed by atoms with Crippen molar-refractivity contribution in [1.82, 2.24) is 14.5 Å². The van der Waals surface area contributed by atoms with Crippen LogP contribution in [0.1, 0.15) is 13.8 Å². The van der Waals surface area contributed by atoms with Crippen LogP contribution in [0, 0.1) is 5.82 Å². The van der Waals surface area contributed by atoms with E-state index in [1.807, 2.05) is 18.7 Å². The Morgan fingerprint density at radius 2 is 1.92 bits per heavy atom. The third kappa shape index (κ3) is 3.17. The van der Waals surface area contributed by atoms with Gasteiger partial charge in [-0.25, -0.2) is 9.37 Å². The zero-order chi connectivity index (χ0) is 18.0. The van der Waals surface area contributed by atoms with Crippen LogP contribution in [0.2, 0.25) is 0 Å². The molecule has 0 bridgehead atoms. The number of benzene rings is 1. The maximum absolute atomic E-state index is 13.8. The van der Waals surface area contributed by atoms with Gasteiger partial charge in [0.1, 0.15) is 5.65 Å². The van der Waals surface area contributed by atoms with E-state index in [0.29, 0.717) is 17.0 Å². The molecule has 1 aromatic carbocycles. The molecule has 0 radical (unpaired) electrons. The van der Waals surface area contributed by atoms with E-state index in [-0.39, 0.29) is 17.1 Å². The van der Waals surface area contributed by atoms with Crippen LogP contribution in [0.4, 0.5) is 10.3 Å². The third-order valence-corrected chi connectivity index (χ3v) is 4.01. The lowest BCUT2D eigenvalue weighted by atomic mass is 10.3. The highest BCUT2D eigenvalue weighted by Crippen LogP contribution is 2.24. The first-order valence-corrected chi connectivity index (χ1v) is 8.09. The molecule has 0 unspecified atom stereocenters. The van der Waals surface area contributed by atoms with Gasteiger partial charge in [0.25, 0.3) is 5.56 Å². The summed E-state index contributed by atoms with van der Waals surface area (Å²) in [4.78, 5) is 23.4. The van der Waals surface area contributed by atoms with Crippen LogP contribution in [0.3, 0.4) is 0 Å². The van der Waals surface area contributed by atoms with Gasteiger partial charge in [0.15, 0.2) is 17.3 Å². The van der Waals surface area contributed by atoms with Crippen molar-refractivity contribution < 1.29 is 9.13 Å². The molecule has 0 N–H and O–H groups in total. The van der Waals surface area contributed by atoms with Crippen molar-refractivity contribution in [2.75, 3.05) is 18.0 Å². The van der Waals surface area contributed by atoms with Crippen LogP contribution in [0.15, 0.2) is 41.3 Å². The lowest BCUT2D eigenvalue weighted by Gasteiger charge is -2.19. The Kier molecular flexibility index (Phi) is 4.65. The fraction of sp³-hybridized carbons (Fsp3) is 0.278. The average Bonchev–Trinajstić information content (AvgIpc) is 2.62. The number of nitrogens with zero attached hydrogens (tertiary/aromatic N) is 4. The van der Waals surface area contributed by atoms with Crippen molar-refractivity contribution in [3.63, 3.8) is 0 Å². The Labute approximate surface area is 144 Å². The minimum absolute atomic E-state index is 0.000343. The summed E-state index contributed by atoms with van der Waals surface area (Å²) in [5.41, 5.74) is 0.114. The number of anilines is 1. The molecular weight excluding hydrogens is 323 g/mol. The number of hydrogen-bond acceptors (Lipinski definition) is 5. The molecule has 6 nitrogen and oxygen atoms in total. The fourth-order valence-corrected chi connectivity index (χ4v) is 2.59. The number of para-hydroxylation sites is 1. The number of halogens is 1. The molecule has 3 aromatic rings. The molecule has 0 atom stereocenters. The maximum atomic E-state index is 13.8. The molecule has 0 fully saturated rings. The van der Waals surface area contributed by atoms with Crippen molar-refractivity contribution >= 4 is 17.0 Å². The topological polar surface area (TPSA) is 60.3 Å². The van der Waals surface area contributed by atoms with Gasteiger partial charge in [-0.3, -0.25) is 9.36 Å². The van der Waals surface area contributed by atoms with Gasteiger partial charge >= 0.3 is 0 Å². The van der Waals surface area contributed by atoms with Crippen molar-refractivity contribution in [3.05, 3.63) is 52.7 Å². The van der Waals surface area contributed by atoms with E-state index in [9.17, 15) is 9.18 Å². The van der Waals surface area contributed by atoms with Crippen molar-refractivity contribution in [3.8, 4) is 11.5 Å². The maximum Gasteiger partial charge on any atom is 0.294 e. The van der Waals surface area contributed by atoms with Gasteiger partial charge in [0.05, 0.1) is 0 Å². The number of fused-ring (bicyclic) bond motifs is 1. The fourth-order valence-electron chi connectivity index (χ4n) is 2.59. The number of rotatable bonds is 5. The molecule has 0 saturated heterocycles. The van der Waals surface area contributed by atoms with E-state index < -0.39 is 5.82 Å². The molecule has 130 valence electrons. The summed E-state index contributed by atoms with van der Waals surface area (Å²) in [5, 5.41) is 0.643. The molecule has 25 heavy (non-hydrogen) atoms. The highest BCUT2D eigenvalue weighted by molar-refractivity contribution is 5.77. The Morgan fingerprint density at radius 3 is 2.60 bits per heavy atom. The Morgan fingerprint density at radius 1 is 1.20 bits per heavy atom. The smallest absolute Gasteiger partial charge is 0.294 e. The summed E-state index contributed by atoms with van der Waals surface area (Å²) in [6.07, 6.45) is 1.64. The molecule has 2 heterocycles. The Hall–Kier alpha value is -2.96. The minimum atomic E-state index is -0.530. The summed E-state index contributed by atoms with van der Waals surface area (Å²) in [5.74, 6) is 0.0620. The van der Waals surface area contributed by atoms with Gasteiger partial charge in [-0.1, -0.05) is 12.1 Å². The first-order valence-electron chi connectivity index (χ1n) is 8.09. The van der Waals surface area contributed by atoms with Crippen molar-refractivity contribution in [2.24, 2.45) is 7.05 Å². The minimum Gasteiger partial charge on any atom is -0.448 e. The Balaban J connectivity index is 2.09. The Bertz CT molecular complexity index is 967. The molecule has 3 rings (SSSR count). The lowest BCUT2D eigenvalue weighted by Crippen LogP contribution is -2.25. The first kappa shape index (κ1) is 16.9. The van der Waals surface area contributed by atoms with E-state index >= 15 is 0 Å². The van der Waals surface area contributed by atoms with Gasteiger partial charge in [0, 0.05) is 31.7 Å². The summed E-state index contributed by atoms with van der Waals surface area (Å²) < 4.78 is 20.6. The molecule has 0 saturated carbocycles. The number of aromatic nitrogens is 3. The van der Waals surface area contributed by atoms with Gasteiger partial charge in [0.2, 0.25) is 5.95 Å². The second-order valence-corrected chi connectivity index (χ2v) is 5.53. The highest BCUT2D eigenvalue weighted by Gasteiger charge is 2.14. The van der Waals surface area contributed by atoms with Crippen LogP contribution >= 0.6 is 0 Å². The molecule has 7 heteroatoms. The summed E-state index contributed by atoms with van der Waals surface area (Å²) in [6, 6.07) is 7.49. The number of pyridine rings is 1. The van der Waals surface area contributed by atoms with Crippen molar-refractivity contribution in [2.45, 2.75) is 13.8 Å². The number of hydrogen-bond donors (Lipinski definition) is 0. The quantitative estimate of drug-likeness (QED) is 0.713. The predicted octanol–water partition coefficient (Wildman–Crippen LogP) is 3.11. The van der Waals surface area contributed by atoms with Crippen LogP contribution in [0.25, 0.3) is 11.0 Å². The molecule has 0 amide bonds. The summed E-state index contributed by atoms with van der Waals surface area (Å²) in [6.45, 7) is 5.57. The van der Waals surface area contributed by atoms with Gasteiger partial charge < -0.3 is 9.64 Å². The van der Waals surface area contributed by atoms with Gasteiger partial charge in [-0.05, 0) is 32.0 Å². The largest absolute Gasteiger partial charge is 0.448 e. The second-order valence-electron chi connectivity index (χ2n) is 5.53. The second kappa shape index (κ2) is 6.88. The van der Waals surface area contributed by atoms with Gasteiger partial charge in [-0.15, -0.1) is 0 Å². The standard InChI is InChI=1S/C18H19FN4O2/c1-4-23(5-2)18-20-11-12-10-15(17(24)22(3)16(12)21-18)25-14-9-7-6-8-13(14)19/h6-11H,4-5H2,1-3H3. The predicted molar refractivity (Wildman–Crippen MR) is 94.8 cm³/mol. The van der Waals surface area contributed by atoms with E-state index in [2.05, 4.69) is 9.97 Å². The molecule has 0 aliphatic rings. The van der Waals surface area contributed by atoms with Crippen LogP contribution in [-0.2, 0) is 7.05 Å². The number of aryl methyl sites for hydroxylation is 1. The zero-order valence-corrected chi connectivity index (χ0v) is 14.4. The van der Waals surface area contributed by atoms with Crippen LogP contribution < -0.4 is 15.2 Å². The SMILES string of the molecule is CCN(CC)c1ncc2cc(Oc3ccccc3F)c(=O)n(C)c2n1. The van der Waals surface area contributed by atoms with E-state index in [1.54, 1.807) is 25.4 Å². The lowest BCUT2D eigenvalue weighted by molar-refractivity contribution is 0.434. The van der Waals surface area contributed by atoms with Gasteiger partial charge in [-0.2, -0.15) is 4.98 Å². The third-order valence-electron chi connectivity index (χ3n) is 4.01. The van der Waals surface area contributed by atoms with Crippen LogP contribution in [-0.4, -0.2) is 27.6 Å². The molecular formula is C18H19FN4O2. The van der Waals surface area contributed by atoms with E-state index in [0.717, 1.165) is 13.1 Å². The first-order chi connectivity index (χ1) is 12.0. The normalized spacial score (nSPS) is 10.9. The average molecular weight is 342 g/mol. The van der Waals surface area contributed by atoms with E-state index in [4.69, 9.17) is 4.74 Å². The van der Waals surface area contributed by atoms with E-state index in [1.165, 1.54) is 22.8 Å². The molecule has 0 aliphatic carbocycles. The summed E-state index contributed by atoms with van der Waals surface area (Å²) >= 11 is 0. The van der Waals surface area contributed by atoms with Crippen molar-refractivity contribution in [1.29, 1.82) is 0 Å².